The SMILES string of the molecule is CC(C)C[C@H](NC(=O)OCc1ccc2ccccc2c1)C(=O)Oc1ccc([N+](=O)[O-])cc1. The van der Waals surface area contributed by atoms with E-state index in [1.807, 2.05) is 56.3 Å². The molecule has 1 N–H and O–H groups in total. The van der Waals surface area contributed by atoms with Crippen LogP contribution in [0.25, 0.3) is 10.8 Å². The highest BCUT2D eigenvalue weighted by Crippen LogP contribution is 2.19. The molecule has 1 amide bonds. The van der Waals surface area contributed by atoms with Gasteiger partial charge >= 0.3 is 12.1 Å². The zero-order valence-electron chi connectivity index (χ0n) is 17.8. The number of alkyl carbamates (subject to hydrolysis) is 1. The monoisotopic (exact) mass is 436 g/mol. The Morgan fingerprint density at radius 1 is 1.00 bits per heavy atom. The molecule has 0 heterocycles. The Morgan fingerprint density at radius 2 is 1.69 bits per heavy atom. The summed E-state index contributed by atoms with van der Waals surface area (Å²) in [6.45, 7) is 3.88. The van der Waals surface area contributed by atoms with Gasteiger partial charge in [0.1, 0.15) is 18.4 Å². The summed E-state index contributed by atoms with van der Waals surface area (Å²) < 4.78 is 10.6. The maximum Gasteiger partial charge on any atom is 0.408 e. The molecule has 0 radical (unpaired) electrons. The first-order valence-corrected chi connectivity index (χ1v) is 10.2. The van der Waals surface area contributed by atoms with Crippen LogP contribution in [0.3, 0.4) is 0 Å². The summed E-state index contributed by atoms with van der Waals surface area (Å²) in [5, 5.41) is 15.4. The van der Waals surface area contributed by atoms with Gasteiger partial charge in [0.25, 0.3) is 5.69 Å². The first-order valence-electron chi connectivity index (χ1n) is 10.2. The highest BCUT2D eigenvalue weighted by atomic mass is 16.6. The molecule has 1 atom stereocenters. The number of non-ortho nitro benzene ring substituents is 1. The summed E-state index contributed by atoms with van der Waals surface area (Å²) in [5.41, 5.74) is 0.714. The lowest BCUT2D eigenvalue weighted by atomic mass is 10.0. The van der Waals surface area contributed by atoms with Crippen molar-refractivity contribution >= 4 is 28.5 Å². The molecule has 0 spiro atoms. The molecule has 3 aromatic carbocycles. The van der Waals surface area contributed by atoms with Gasteiger partial charge in [-0.1, -0.05) is 50.2 Å². The number of fused-ring (bicyclic) bond motifs is 1. The molecule has 32 heavy (non-hydrogen) atoms. The van der Waals surface area contributed by atoms with Crippen molar-refractivity contribution in [3.63, 3.8) is 0 Å². The number of benzene rings is 3. The van der Waals surface area contributed by atoms with Crippen LogP contribution in [0.4, 0.5) is 10.5 Å². The summed E-state index contributed by atoms with van der Waals surface area (Å²) >= 11 is 0. The number of rotatable bonds is 8. The predicted molar refractivity (Wildman–Crippen MR) is 119 cm³/mol. The van der Waals surface area contributed by atoms with Crippen LogP contribution in [0.2, 0.25) is 0 Å². The third-order valence-corrected chi connectivity index (χ3v) is 4.73. The van der Waals surface area contributed by atoms with Crippen LogP contribution < -0.4 is 10.1 Å². The van der Waals surface area contributed by atoms with Gasteiger partial charge in [-0.05, 0) is 46.9 Å². The molecular weight excluding hydrogens is 412 g/mol. The lowest BCUT2D eigenvalue weighted by Gasteiger charge is -2.19. The molecule has 0 unspecified atom stereocenters. The van der Waals surface area contributed by atoms with Gasteiger partial charge in [-0.25, -0.2) is 9.59 Å². The maximum absolute atomic E-state index is 12.6. The van der Waals surface area contributed by atoms with Crippen LogP contribution in [0.1, 0.15) is 25.8 Å². The van der Waals surface area contributed by atoms with Gasteiger partial charge < -0.3 is 14.8 Å². The van der Waals surface area contributed by atoms with E-state index in [-0.39, 0.29) is 24.0 Å². The van der Waals surface area contributed by atoms with Crippen LogP contribution in [0.5, 0.6) is 5.75 Å². The smallest absolute Gasteiger partial charge is 0.408 e. The number of hydrogen-bond acceptors (Lipinski definition) is 6. The Kier molecular flexibility index (Phi) is 7.38. The number of nitro benzene ring substituents is 1. The normalized spacial score (nSPS) is 11.7. The molecule has 0 aliphatic carbocycles. The second kappa shape index (κ2) is 10.4. The molecule has 3 aromatic rings. The number of nitrogens with zero attached hydrogens (tertiary/aromatic N) is 1. The third-order valence-electron chi connectivity index (χ3n) is 4.73. The van der Waals surface area contributed by atoms with E-state index in [4.69, 9.17) is 9.47 Å². The molecule has 0 aromatic heterocycles. The molecule has 0 saturated heterocycles. The van der Waals surface area contributed by atoms with Crippen molar-refractivity contribution in [2.45, 2.75) is 32.9 Å². The van der Waals surface area contributed by atoms with E-state index in [1.165, 1.54) is 24.3 Å². The average Bonchev–Trinajstić information content (AvgIpc) is 2.77. The molecule has 0 fully saturated rings. The second-order valence-electron chi connectivity index (χ2n) is 7.76. The molecule has 8 nitrogen and oxygen atoms in total. The highest BCUT2D eigenvalue weighted by Gasteiger charge is 2.25. The van der Waals surface area contributed by atoms with Crippen LogP contribution in [0, 0.1) is 16.0 Å². The molecule has 3 rings (SSSR count). The van der Waals surface area contributed by atoms with E-state index in [9.17, 15) is 19.7 Å². The van der Waals surface area contributed by atoms with Crippen molar-refractivity contribution in [3.05, 3.63) is 82.4 Å². The van der Waals surface area contributed by atoms with E-state index in [2.05, 4.69) is 5.32 Å². The number of esters is 1. The van der Waals surface area contributed by atoms with Gasteiger partial charge in [0.15, 0.2) is 0 Å². The number of nitrogens with one attached hydrogen (secondary N) is 1. The fourth-order valence-electron chi connectivity index (χ4n) is 3.17. The zero-order valence-corrected chi connectivity index (χ0v) is 17.8. The van der Waals surface area contributed by atoms with Crippen molar-refractivity contribution in [1.82, 2.24) is 5.32 Å². The fourth-order valence-corrected chi connectivity index (χ4v) is 3.17. The van der Waals surface area contributed by atoms with Gasteiger partial charge in [0.2, 0.25) is 0 Å². The lowest BCUT2D eigenvalue weighted by Crippen LogP contribution is -2.44. The molecule has 0 aliphatic rings. The number of nitro groups is 1. The highest BCUT2D eigenvalue weighted by molar-refractivity contribution is 5.84. The summed E-state index contributed by atoms with van der Waals surface area (Å²) in [6.07, 6.45) is -0.388. The largest absolute Gasteiger partial charge is 0.445 e. The molecular formula is C24H24N2O6. The predicted octanol–water partition coefficient (Wildman–Crippen LogP) is 4.99. The van der Waals surface area contributed by atoms with Crippen LogP contribution in [-0.4, -0.2) is 23.0 Å². The van der Waals surface area contributed by atoms with Crippen LogP contribution in [0.15, 0.2) is 66.7 Å². The van der Waals surface area contributed by atoms with Gasteiger partial charge in [-0.3, -0.25) is 10.1 Å². The number of hydrogen-bond donors (Lipinski definition) is 1. The molecule has 0 aliphatic heterocycles. The third kappa shape index (κ3) is 6.28. The minimum Gasteiger partial charge on any atom is -0.445 e. The van der Waals surface area contributed by atoms with Crippen molar-refractivity contribution in [2.75, 3.05) is 0 Å². The maximum atomic E-state index is 12.6. The van der Waals surface area contributed by atoms with E-state index in [0.717, 1.165) is 16.3 Å². The molecule has 8 heteroatoms. The lowest BCUT2D eigenvalue weighted by molar-refractivity contribution is -0.384. The Bertz CT molecular complexity index is 1110. The Hall–Kier alpha value is -3.94. The van der Waals surface area contributed by atoms with Crippen LogP contribution >= 0.6 is 0 Å². The first-order chi connectivity index (χ1) is 15.3. The molecule has 166 valence electrons. The van der Waals surface area contributed by atoms with Crippen molar-refractivity contribution in [2.24, 2.45) is 5.92 Å². The summed E-state index contributed by atoms with van der Waals surface area (Å²) in [4.78, 5) is 35.1. The van der Waals surface area contributed by atoms with E-state index < -0.39 is 23.0 Å². The average molecular weight is 436 g/mol. The van der Waals surface area contributed by atoms with E-state index >= 15 is 0 Å². The standard InChI is InChI=1S/C24H24N2O6/c1-16(2)13-22(23(27)32-21-11-9-20(10-12-21)26(29)30)25-24(28)31-15-17-7-8-18-5-3-4-6-19(18)14-17/h3-12,14,16,22H,13,15H2,1-2H3,(H,25,28)/t22-/m0/s1. The van der Waals surface area contributed by atoms with Gasteiger partial charge in [-0.15, -0.1) is 0 Å². The summed E-state index contributed by atoms with van der Waals surface area (Å²) in [7, 11) is 0. The summed E-state index contributed by atoms with van der Waals surface area (Å²) in [6, 6.07) is 17.9. The minimum atomic E-state index is -0.922. The Labute approximate surface area is 185 Å². The second-order valence-corrected chi connectivity index (χ2v) is 7.76. The first kappa shape index (κ1) is 22.7. The number of amides is 1. The van der Waals surface area contributed by atoms with Gasteiger partial charge in [0, 0.05) is 12.1 Å². The van der Waals surface area contributed by atoms with Crippen molar-refractivity contribution in [1.29, 1.82) is 0 Å². The molecule has 0 saturated carbocycles. The minimum absolute atomic E-state index is 0.0580. The summed E-state index contributed by atoms with van der Waals surface area (Å²) in [5.74, 6) is -0.416. The van der Waals surface area contributed by atoms with E-state index in [1.54, 1.807) is 0 Å². The van der Waals surface area contributed by atoms with Gasteiger partial charge in [0.05, 0.1) is 4.92 Å². The van der Waals surface area contributed by atoms with Crippen molar-refractivity contribution < 1.29 is 24.0 Å². The molecule has 0 bridgehead atoms. The zero-order chi connectivity index (χ0) is 23.1. The Balaban J connectivity index is 1.59. The van der Waals surface area contributed by atoms with Crippen molar-refractivity contribution in [3.8, 4) is 5.75 Å². The van der Waals surface area contributed by atoms with E-state index in [0.29, 0.717) is 6.42 Å². The number of carbonyl (C=O) groups is 2. The quantitative estimate of drug-likeness (QED) is 0.231. The topological polar surface area (TPSA) is 108 Å². The van der Waals surface area contributed by atoms with Gasteiger partial charge in [-0.2, -0.15) is 0 Å². The van der Waals surface area contributed by atoms with Crippen LogP contribution in [-0.2, 0) is 16.1 Å². The number of carbonyl (C=O) groups excluding carboxylic acids is 2. The Morgan fingerprint density at radius 3 is 2.34 bits per heavy atom. The fraction of sp³-hybridized carbons (Fsp3) is 0.250. The number of ether oxygens (including phenoxy) is 2.